The van der Waals surface area contributed by atoms with Gasteiger partial charge in [0.25, 0.3) is 0 Å². The molecule has 3 nitrogen and oxygen atoms in total. The maximum Gasteiger partial charge on any atom is 0.328 e. The zero-order chi connectivity index (χ0) is 16.4. The molecule has 1 aromatic carbocycles. The second-order valence-corrected chi connectivity index (χ2v) is 5.60. The summed E-state index contributed by atoms with van der Waals surface area (Å²) in [5.74, 6) is -2.94. The Labute approximate surface area is 132 Å². The third kappa shape index (κ3) is 3.13. The van der Waals surface area contributed by atoms with Gasteiger partial charge in [-0.25, -0.2) is 13.6 Å². The molecule has 0 bridgehead atoms. The molecule has 23 heavy (non-hydrogen) atoms. The van der Waals surface area contributed by atoms with Crippen LogP contribution in [-0.4, -0.2) is 16.1 Å². The summed E-state index contributed by atoms with van der Waals surface area (Å²) < 4.78 is 27.6. The number of allylic oxidation sites excluding steroid dienone is 1. The molecule has 0 fully saturated rings. The van der Waals surface area contributed by atoms with Gasteiger partial charge in [-0.05, 0) is 54.0 Å². The zero-order valence-electron chi connectivity index (χ0n) is 12.3. The minimum absolute atomic E-state index is 0.214. The molecular weight excluding hydrogens is 300 g/mol. The summed E-state index contributed by atoms with van der Waals surface area (Å²) in [4.78, 5) is 15.3. The number of hydrogen-bond acceptors (Lipinski definition) is 2. The Morgan fingerprint density at radius 1 is 1.26 bits per heavy atom. The molecule has 1 N–H and O–H groups in total. The summed E-state index contributed by atoms with van der Waals surface area (Å²) in [5, 5.41) is 9.03. The van der Waals surface area contributed by atoms with E-state index in [0.717, 1.165) is 17.7 Å². The van der Waals surface area contributed by atoms with Crippen molar-refractivity contribution in [2.75, 3.05) is 0 Å². The number of halogens is 2. The molecule has 0 aliphatic heterocycles. The standard InChI is InChI=1S/C18H15F2NO2/c19-15-5-1-4-14(17(15)20)11-6-7-13(10-16(22)23)18-12(9-11)3-2-8-21-18/h1-5,8,10-11H,6-7,9H2,(H,22,23). The van der Waals surface area contributed by atoms with Crippen LogP contribution in [0, 0.1) is 11.6 Å². The number of nitrogens with zero attached hydrogens (tertiary/aromatic N) is 1. The molecule has 1 atom stereocenters. The quantitative estimate of drug-likeness (QED) is 0.674. The van der Waals surface area contributed by atoms with Crippen LogP contribution in [0.5, 0.6) is 0 Å². The summed E-state index contributed by atoms with van der Waals surface area (Å²) in [6, 6.07) is 7.80. The van der Waals surface area contributed by atoms with Crippen molar-refractivity contribution >= 4 is 11.5 Å². The number of aliphatic carboxylic acids is 1. The number of hydrogen-bond donors (Lipinski definition) is 1. The van der Waals surface area contributed by atoms with E-state index in [4.69, 9.17) is 5.11 Å². The molecule has 0 saturated heterocycles. The van der Waals surface area contributed by atoms with Crippen molar-refractivity contribution < 1.29 is 18.7 Å². The van der Waals surface area contributed by atoms with Crippen LogP contribution in [0.25, 0.3) is 5.57 Å². The molecule has 2 aromatic rings. The number of benzene rings is 1. The van der Waals surface area contributed by atoms with Gasteiger partial charge in [0, 0.05) is 12.3 Å². The van der Waals surface area contributed by atoms with Crippen LogP contribution in [0.3, 0.4) is 0 Å². The lowest BCUT2D eigenvalue weighted by atomic mass is 9.90. The highest BCUT2D eigenvalue weighted by atomic mass is 19.2. The molecule has 3 rings (SSSR count). The van der Waals surface area contributed by atoms with E-state index in [1.165, 1.54) is 6.07 Å². The van der Waals surface area contributed by atoms with Crippen molar-refractivity contribution in [1.29, 1.82) is 0 Å². The second kappa shape index (κ2) is 6.28. The fraction of sp³-hybridized carbons (Fsp3) is 0.222. The molecular formula is C18H15F2NO2. The van der Waals surface area contributed by atoms with Crippen LogP contribution < -0.4 is 0 Å². The van der Waals surface area contributed by atoms with E-state index in [1.807, 2.05) is 6.07 Å². The maximum absolute atomic E-state index is 14.1. The average Bonchev–Trinajstić information content (AvgIpc) is 2.70. The van der Waals surface area contributed by atoms with E-state index in [0.29, 0.717) is 36.1 Å². The molecule has 0 radical (unpaired) electrons. The monoisotopic (exact) mass is 315 g/mol. The van der Waals surface area contributed by atoms with Crippen molar-refractivity contribution in [3.05, 3.63) is 71.1 Å². The third-order valence-electron chi connectivity index (χ3n) is 4.14. The van der Waals surface area contributed by atoms with Gasteiger partial charge in [0.05, 0.1) is 5.69 Å². The summed E-state index contributed by atoms with van der Waals surface area (Å²) in [5.41, 5.74) is 2.43. The van der Waals surface area contributed by atoms with Gasteiger partial charge in [0.15, 0.2) is 11.6 Å². The van der Waals surface area contributed by atoms with E-state index >= 15 is 0 Å². The zero-order valence-corrected chi connectivity index (χ0v) is 12.3. The summed E-state index contributed by atoms with van der Waals surface area (Å²) in [7, 11) is 0. The summed E-state index contributed by atoms with van der Waals surface area (Å²) in [6.45, 7) is 0. The number of aromatic nitrogens is 1. The van der Waals surface area contributed by atoms with Gasteiger partial charge in [-0.3, -0.25) is 4.98 Å². The first-order valence-corrected chi connectivity index (χ1v) is 7.38. The van der Waals surface area contributed by atoms with Crippen molar-refractivity contribution in [3.63, 3.8) is 0 Å². The molecule has 1 heterocycles. The molecule has 0 saturated carbocycles. The average molecular weight is 315 g/mol. The predicted molar refractivity (Wildman–Crippen MR) is 81.9 cm³/mol. The minimum atomic E-state index is -1.04. The van der Waals surface area contributed by atoms with E-state index in [2.05, 4.69) is 4.98 Å². The van der Waals surface area contributed by atoms with Gasteiger partial charge in [-0.1, -0.05) is 18.2 Å². The fourth-order valence-corrected chi connectivity index (χ4v) is 3.10. The lowest BCUT2D eigenvalue weighted by molar-refractivity contribution is -0.131. The summed E-state index contributed by atoms with van der Waals surface area (Å²) >= 11 is 0. The van der Waals surface area contributed by atoms with E-state index in [1.54, 1.807) is 18.3 Å². The highest BCUT2D eigenvalue weighted by molar-refractivity contribution is 5.90. The number of carboxylic acids is 1. The molecule has 118 valence electrons. The summed E-state index contributed by atoms with van der Waals surface area (Å²) in [6.07, 6.45) is 4.25. The molecule has 5 heteroatoms. The Morgan fingerprint density at radius 2 is 2.09 bits per heavy atom. The second-order valence-electron chi connectivity index (χ2n) is 5.60. The number of carbonyl (C=O) groups is 1. The van der Waals surface area contributed by atoms with E-state index in [-0.39, 0.29) is 5.92 Å². The molecule has 1 aromatic heterocycles. The third-order valence-corrected chi connectivity index (χ3v) is 4.14. The molecule has 1 aliphatic carbocycles. The first-order chi connectivity index (χ1) is 11.1. The Kier molecular flexibility index (Phi) is 4.19. The van der Waals surface area contributed by atoms with Crippen LogP contribution in [0.4, 0.5) is 8.78 Å². The van der Waals surface area contributed by atoms with Gasteiger partial charge < -0.3 is 5.11 Å². The Bertz CT molecular complexity index is 786. The Morgan fingerprint density at radius 3 is 2.87 bits per heavy atom. The van der Waals surface area contributed by atoms with Gasteiger partial charge in [-0.2, -0.15) is 0 Å². The van der Waals surface area contributed by atoms with Gasteiger partial charge in [-0.15, -0.1) is 0 Å². The maximum atomic E-state index is 14.1. The Balaban J connectivity index is 2.04. The topological polar surface area (TPSA) is 50.2 Å². The number of carboxylic acid groups (broad SMARTS) is 1. The van der Waals surface area contributed by atoms with Crippen molar-refractivity contribution in [2.45, 2.75) is 25.2 Å². The highest BCUT2D eigenvalue weighted by Gasteiger charge is 2.25. The predicted octanol–water partition coefficient (Wildman–Crippen LogP) is 3.95. The van der Waals surface area contributed by atoms with Crippen molar-refractivity contribution in [1.82, 2.24) is 4.98 Å². The largest absolute Gasteiger partial charge is 0.478 e. The number of pyridine rings is 1. The minimum Gasteiger partial charge on any atom is -0.478 e. The van der Waals surface area contributed by atoms with Crippen molar-refractivity contribution in [2.24, 2.45) is 0 Å². The first-order valence-electron chi connectivity index (χ1n) is 7.38. The Hall–Kier alpha value is -2.56. The number of fused-ring (bicyclic) bond motifs is 1. The molecule has 1 aliphatic rings. The molecule has 0 amide bonds. The SMILES string of the molecule is O=C(O)C=C1CCC(c2cccc(F)c2F)Cc2cccnc21. The smallest absolute Gasteiger partial charge is 0.328 e. The first kappa shape index (κ1) is 15.3. The van der Waals surface area contributed by atoms with Crippen LogP contribution in [-0.2, 0) is 11.2 Å². The van der Waals surface area contributed by atoms with Gasteiger partial charge in [0.2, 0.25) is 0 Å². The van der Waals surface area contributed by atoms with Crippen LogP contribution >= 0.6 is 0 Å². The lowest BCUT2D eigenvalue weighted by Gasteiger charge is -2.16. The van der Waals surface area contributed by atoms with Crippen LogP contribution in [0.15, 0.2) is 42.6 Å². The lowest BCUT2D eigenvalue weighted by Crippen LogP contribution is -2.06. The molecule has 1 unspecified atom stereocenters. The van der Waals surface area contributed by atoms with Crippen molar-refractivity contribution in [3.8, 4) is 0 Å². The van der Waals surface area contributed by atoms with Crippen LogP contribution in [0.2, 0.25) is 0 Å². The molecule has 0 spiro atoms. The number of rotatable bonds is 2. The normalized spacial score (nSPS) is 19.2. The van der Waals surface area contributed by atoms with Crippen LogP contribution in [0.1, 0.15) is 35.6 Å². The van der Waals surface area contributed by atoms with E-state index < -0.39 is 17.6 Å². The van der Waals surface area contributed by atoms with E-state index in [9.17, 15) is 13.6 Å². The fourth-order valence-electron chi connectivity index (χ4n) is 3.10. The van der Waals surface area contributed by atoms with Gasteiger partial charge in [0.1, 0.15) is 0 Å². The highest BCUT2D eigenvalue weighted by Crippen LogP contribution is 2.37. The van der Waals surface area contributed by atoms with Gasteiger partial charge >= 0.3 is 5.97 Å².